The van der Waals surface area contributed by atoms with Gasteiger partial charge in [0.25, 0.3) is 0 Å². The zero-order valence-corrected chi connectivity index (χ0v) is 8.20. The molecule has 0 bridgehead atoms. The fraction of sp³-hybridized carbons (Fsp3) is 0.111. The zero-order chi connectivity index (χ0) is 11.6. The second-order valence-electron chi connectivity index (χ2n) is 2.93. The Morgan fingerprint density at radius 1 is 0.933 bits per heavy atom. The third-order valence-electron chi connectivity index (χ3n) is 2.19. The minimum Gasteiger partial charge on any atom is -0.396 e. The lowest BCUT2D eigenvalue weighted by Gasteiger charge is -2.15. The quantitative estimate of drug-likeness (QED) is 0.412. The van der Waals surface area contributed by atoms with E-state index >= 15 is 0 Å². The number of rotatable bonds is 3. The van der Waals surface area contributed by atoms with Crippen molar-refractivity contribution < 1.29 is 9.59 Å². The summed E-state index contributed by atoms with van der Waals surface area (Å²) >= 11 is 0. The maximum Gasteiger partial charge on any atom is 0.154 e. The van der Waals surface area contributed by atoms with Crippen LogP contribution in [0.15, 0.2) is 0 Å². The molecule has 7 N–H and O–H groups in total. The SMILES string of the molecule is CNc1c(N)c(C=O)c(N)c(N)c1C=O. The van der Waals surface area contributed by atoms with Crippen molar-refractivity contribution >= 4 is 35.3 Å². The maximum absolute atomic E-state index is 10.8. The van der Waals surface area contributed by atoms with Gasteiger partial charge in [-0.2, -0.15) is 0 Å². The summed E-state index contributed by atoms with van der Waals surface area (Å²) in [7, 11) is 1.57. The predicted molar refractivity (Wildman–Crippen MR) is 60.0 cm³/mol. The topological polar surface area (TPSA) is 124 Å². The first-order chi connectivity index (χ1) is 7.08. The lowest BCUT2D eigenvalue weighted by Crippen LogP contribution is -2.11. The third-order valence-corrected chi connectivity index (χ3v) is 2.19. The van der Waals surface area contributed by atoms with Crippen molar-refractivity contribution in [1.29, 1.82) is 0 Å². The van der Waals surface area contributed by atoms with Crippen LogP contribution in [-0.2, 0) is 0 Å². The minimum absolute atomic E-state index is 0.0311. The fourth-order valence-electron chi connectivity index (χ4n) is 1.37. The van der Waals surface area contributed by atoms with E-state index in [0.717, 1.165) is 0 Å². The van der Waals surface area contributed by atoms with Crippen LogP contribution >= 0.6 is 0 Å². The second kappa shape index (κ2) is 3.87. The van der Waals surface area contributed by atoms with Gasteiger partial charge < -0.3 is 22.5 Å². The first kappa shape index (κ1) is 10.8. The fourth-order valence-corrected chi connectivity index (χ4v) is 1.37. The van der Waals surface area contributed by atoms with E-state index in [0.29, 0.717) is 18.3 Å². The molecule has 80 valence electrons. The van der Waals surface area contributed by atoms with E-state index in [1.165, 1.54) is 0 Å². The van der Waals surface area contributed by atoms with Crippen LogP contribution in [0.2, 0.25) is 0 Å². The Hall–Kier alpha value is -2.24. The molecule has 6 heteroatoms. The van der Waals surface area contributed by atoms with Gasteiger partial charge in [-0.05, 0) is 0 Å². The summed E-state index contributed by atoms with van der Waals surface area (Å²) in [6.07, 6.45) is 1.05. The average Bonchev–Trinajstić information content (AvgIpc) is 2.23. The molecule has 0 amide bonds. The van der Waals surface area contributed by atoms with E-state index < -0.39 is 0 Å². The Morgan fingerprint density at radius 2 is 1.40 bits per heavy atom. The van der Waals surface area contributed by atoms with Gasteiger partial charge in [-0.1, -0.05) is 0 Å². The monoisotopic (exact) mass is 208 g/mol. The molecule has 0 saturated carbocycles. The molecule has 0 fully saturated rings. The number of aldehydes is 2. The second-order valence-corrected chi connectivity index (χ2v) is 2.93. The van der Waals surface area contributed by atoms with E-state index in [4.69, 9.17) is 17.2 Å². The molecule has 0 radical (unpaired) electrons. The van der Waals surface area contributed by atoms with Gasteiger partial charge in [-0.3, -0.25) is 9.59 Å². The molecule has 0 aliphatic heterocycles. The normalized spacial score (nSPS) is 9.67. The number of carbonyl (C=O) groups excluding carboxylic acids is 2. The number of anilines is 4. The van der Waals surface area contributed by atoms with E-state index in [9.17, 15) is 9.59 Å². The molecule has 0 unspecified atom stereocenters. The molecule has 0 aliphatic rings. The first-order valence-electron chi connectivity index (χ1n) is 4.16. The zero-order valence-electron chi connectivity index (χ0n) is 8.20. The Bertz CT molecular complexity index is 429. The van der Waals surface area contributed by atoms with Crippen LogP contribution in [0.25, 0.3) is 0 Å². The number of hydrogen-bond acceptors (Lipinski definition) is 6. The van der Waals surface area contributed by atoms with E-state index in [1.54, 1.807) is 7.05 Å². The molecule has 1 aromatic carbocycles. The van der Waals surface area contributed by atoms with Crippen molar-refractivity contribution in [2.24, 2.45) is 0 Å². The van der Waals surface area contributed by atoms with Crippen LogP contribution in [0.5, 0.6) is 0 Å². The Kier molecular flexibility index (Phi) is 2.80. The van der Waals surface area contributed by atoms with Crippen molar-refractivity contribution in [1.82, 2.24) is 0 Å². The van der Waals surface area contributed by atoms with Crippen LogP contribution in [0.4, 0.5) is 22.7 Å². The molecule has 0 saturated heterocycles. The molecular formula is C9H12N4O2. The Balaban J connectivity index is 3.72. The standard InChI is InChI=1S/C9H12N4O2/c1-13-9-5(3-15)7(11)6(10)4(2-14)8(9)12/h2-3,13H,10-12H2,1H3. The van der Waals surface area contributed by atoms with Crippen LogP contribution in [0.1, 0.15) is 20.7 Å². The molecule has 0 aromatic heterocycles. The van der Waals surface area contributed by atoms with Gasteiger partial charge in [0, 0.05) is 7.05 Å². The molecule has 0 aliphatic carbocycles. The highest BCUT2D eigenvalue weighted by Crippen LogP contribution is 2.35. The molecule has 0 spiro atoms. The van der Waals surface area contributed by atoms with Crippen molar-refractivity contribution in [2.45, 2.75) is 0 Å². The summed E-state index contributed by atoms with van der Waals surface area (Å²) in [4.78, 5) is 21.5. The highest BCUT2D eigenvalue weighted by molar-refractivity contribution is 6.08. The summed E-state index contributed by atoms with van der Waals surface area (Å²) in [6, 6.07) is 0. The van der Waals surface area contributed by atoms with E-state index in [2.05, 4.69) is 5.32 Å². The van der Waals surface area contributed by atoms with Crippen molar-refractivity contribution in [2.75, 3.05) is 29.6 Å². The molecule has 0 atom stereocenters. The highest BCUT2D eigenvalue weighted by atomic mass is 16.1. The number of nitrogens with two attached hydrogens (primary N) is 3. The van der Waals surface area contributed by atoms with Gasteiger partial charge >= 0.3 is 0 Å². The molecule has 1 rings (SSSR count). The third kappa shape index (κ3) is 1.45. The van der Waals surface area contributed by atoms with Crippen LogP contribution in [0.3, 0.4) is 0 Å². The summed E-state index contributed by atoms with van der Waals surface area (Å²) in [5, 5.41) is 2.71. The van der Waals surface area contributed by atoms with Crippen LogP contribution in [-0.4, -0.2) is 19.6 Å². The summed E-state index contributed by atoms with van der Waals surface area (Å²) < 4.78 is 0. The Morgan fingerprint density at radius 3 is 1.80 bits per heavy atom. The van der Waals surface area contributed by atoms with Crippen LogP contribution < -0.4 is 22.5 Å². The van der Waals surface area contributed by atoms with E-state index in [-0.39, 0.29) is 28.2 Å². The Labute approximate surface area is 86.4 Å². The average molecular weight is 208 g/mol. The van der Waals surface area contributed by atoms with E-state index in [1.807, 2.05) is 0 Å². The highest BCUT2D eigenvalue weighted by Gasteiger charge is 2.17. The largest absolute Gasteiger partial charge is 0.396 e. The van der Waals surface area contributed by atoms with Gasteiger partial charge in [0.15, 0.2) is 12.6 Å². The lowest BCUT2D eigenvalue weighted by molar-refractivity contribution is 0.111. The minimum atomic E-state index is 0.0311. The molecule has 15 heavy (non-hydrogen) atoms. The lowest BCUT2D eigenvalue weighted by atomic mass is 10.0. The number of carbonyl (C=O) groups is 2. The van der Waals surface area contributed by atoms with Gasteiger partial charge in [-0.25, -0.2) is 0 Å². The summed E-state index contributed by atoms with van der Waals surface area (Å²) in [5.74, 6) is 0. The molecule has 1 aromatic rings. The first-order valence-corrected chi connectivity index (χ1v) is 4.16. The van der Waals surface area contributed by atoms with Crippen molar-refractivity contribution in [3.8, 4) is 0 Å². The summed E-state index contributed by atoms with van der Waals surface area (Å²) in [6.45, 7) is 0. The predicted octanol–water partition coefficient (Wildman–Crippen LogP) is 0.0999. The van der Waals surface area contributed by atoms with Crippen molar-refractivity contribution in [3.05, 3.63) is 11.1 Å². The van der Waals surface area contributed by atoms with Gasteiger partial charge in [-0.15, -0.1) is 0 Å². The number of benzene rings is 1. The molecule has 6 nitrogen and oxygen atoms in total. The molecule has 0 heterocycles. The van der Waals surface area contributed by atoms with Crippen molar-refractivity contribution in [3.63, 3.8) is 0 Å². The maximum atomic E-state index is 10.8. The number of nitrogen functional groups attached to an aromatic ring is 3. The van der Waals surface area contributed by atoms with Gasteiger partial charge in [0.05, 0.1) is 33.9 Å². The van der Waals surface area contributed by atoms with Gasteiger partial charge in [0.2, 0.25) is 0 Å². The van der Waals surface area contributed by atoms with Crippen LogP contribution in [0, 0.1) is 0 Å². The number of nitrogens with one attached hydrogen (secondary N) is 1. The number of hydrogen-bond donors (Lipinski definition) is 4. The molecular weight excluding hydrogens is 196 g/mol. The van der Waals surface area contributed by atoms with Gasteiger partial charge in [0.1, 0.15) is 0 Å². The smallest absolute Gasteiger partial charge is 0.154 e. The summed E-state index contributed by atoms with van der Waals surface area (Å²) in [5.41, 5.74) is 17.6.